The quantitative estimate of drug-likeness (QED) is 0.758. The van der Waals surface area contributed by atoms with Gasteiger partial charge in [-0.2, -0.15) is 0 Å². The Bertz CT molecular complexity index is 263. The van der Waals surface area contributed by atoms with E-state index in [0.29, 0.717) is 6.04 Å². The van der Waals surface area contributed by atoms with Gasteiger partial charge < -0.3 is 9.64 Å². The second-order valence-corrected chi connectivity index (χ2v) is 5.83. The Hall–Kier alpha value is -0.810. The lowest BCUT2D eigenvalue weighted by Crippen LogP contribution is -2.46. The van der Waals surface area contributed by atoms with E-state index in [1.165, 1.54) is 6.42 Å². The molecule has 18 heavy (non-hydrogen) atoms. The Morgan fingerprint density at radius 1 is 1.33 bits per heavy atom. The summed E-state index contributed by atoms with van der Waals surface area (Å²) < 4.78 is 5.18. The molecule has 1 rings (SSSR count). The molecule has 1 aliphatic heterocycles. The maximum absolute atomic E-state index is 11.5. The molecule has 0 aromatic rings. The third kappa shape index (κ3) is 6.21. The molecule has 1 aliphatic rings. The number of likely N-dealkylation sites (tertiary alicyclic amines) is 1. The number of nitrogens with zero attached hydrogens (tertiary/aromatic N) is 1. The summed E-state index contributed by atoms with van der Waals surface area (Å²) in [5.74, 6) is 0. The zero-order valence-electron chi connectivity index (χ0n) is 12.1. The van der Waals surface area contributed by atoms with Crippen LogP contribution in [0.1, 0.15) is 47.0 Å². The highest BCUT2D eigenvalue weighted by molar-refractivity contribution is 5.67. The molecular formula is C13H27N3O2. The first-order valence-corrected chi connectivity index (χ1v) is 6.87. The minimum Gasteiger partial charge on any atom is -0.443 e. The first-order chi connectivity index (χ1) is 8.40. The van der Waals surface area contributed by atoms with E-state index in [9.17, 15) is 4.79 Å². The third-order valence-electron chi connectivity index (χ3n) is 3.05. The molecule has 1 atom stereocenters. The van der Waals surface area contributed by atoms with Gasteiger partial charge in [-0.15, -0.1) is 0 Å². The van der Waals surface area contributed by atoms with E-state index >= 15 is 0 Å². The van der Waals surface area contributed by atoms with Crippen molar-refractivity contribution < 1.29 is 9.53 Å². The van der Waals surface area contributed by atoms with Crippen LogP contribution in [0.3, 0.4) is 0 Å². The summed E-state index contributed by atoms with van der Waals surface area (Å²) in [5, 5.41) is 0. The van der Waals surface area contributed by atoms with Crippen LogP contribution < -0.4 is 10.9 Å². The maximum Gasteiger partial charge on any atom is 0.422 e. The van der Waals surface area contributed by atoms with Gasteiger partial charge in [0, 0.05) is 6.04 Å². The Morgan fingerprint density at radius 2 is 2.06 bits per heavy atom. The van der Waals surface area contributed by atoms with Gasteiger partial charge in [-0.05, 0) is 59.7 Å². The van der Waals surface area contributed by atoms with E-state index < -0.39 is 11.7 Å². The van der Waals surface area contributed by atoms with Gasteiger partial charge in [0.15, 0.2) is 0 Å². The average molecular weight is 257 g/mol. The van der Waals surface area contributed by atoms with E-state index in [4.69, 9.17) is 4.74 Å². The largest absolute Gasteiger partial charge is 0.443 e. The predicted molar refractivity (Wildman–Crippen MR) is 72.3 cm³/mol. The Balaban J connectivity index is 2.25. The minimum atomic E-state index is -0.450. The third-order valence-corrected chi connectivity index (χ3v) is 3.05. The van der Waals surface area contributed by atoms with E-state index in [2.05, 4.69) is 22.7 Å². The van der Waals surface area contributed by atoms with E-state index in [1.807, 2.05) is 20.8 Å². The number of amides is 1. The molecule has 0 spiro atoms. The van der Waals surface area contributed by atoms with Crippen molar-refractivity contribution in [1.29, 1.82) is 0 Å². The number of hydrogen-bond acceptors (Lipinski definition) is 4. The lowest BCUT2D eigenvalue weighted by Gasteiger charge is -2.22. The molecule has 0 bridgehead atoms. The van der Waals surface area contributed by atoms with Crippen molar-refractivity contribution >= 4 is 6.09 Å². The van der Waals surface area contributed by atoms with E-state index in [0.717, 1.165) is 32.5 Å². The van der Waals surface area contributed by atoms with Crippen LogP contribution >= 0.6 is 0 Å². The summed E-state index contributed by atoms with van der Waals surface area (Å²) in [6.07, 6.45) is 2.91. The topological polar surface area (TPSA) is 53.6 Å². The molecule has 5 heteroatoms. The number of ether oxygens (including phenoxy) is 1. The van der Waals surface area contributed by atoms with Crippen molar-refractivity contribution in [3.8, 4) is 0 Å². The highest BCUT2D eigenvalue weighted by atomic mass is 16.6. The molecule has 0 aliphatic carbocycles. The van der Waals surface area contributed by atoms with Crippen LogP contribution in [0.5, 0.6) is 0 Å². The van der Waals surface area contributed by atoms with Gasteiger partial charge in [0.1, 0.15) is 5.60 Å². The summed E-state index contributed by atoms with van der Waals surface area (Å²) in [4.78, 5) is 13.9. The lowest BCUT2D eigenvalue weighted by atomic mass is 10.1. The lowest BCUT2D eigenvalue weighted by molar-refractivity contribution is 0.0485. The molecule has 0 saturated carbocycles. The number of hydrazine groups is 1. The van der Waals surface area contributed by atoms with Crippen LogP contribution in [0.2, 0.25) is 0 Å². The highest BCUT2D eigenvalue weighted by Gasteiger charge is 2.19. The van der Waals surface area contributed by atoms with Gasteiger partial charge in [0.05, 0.1) is 0 Å². The smallest absolute Gasteiger partial charge is 0.422 e. The molecule has 1 amide bonds. The molecule has 1 heterocycles. The zero-order chi connectivity index (χ0) is 13.6. The molecule has 0 radical (unpaired) electrons. The average Bonchev–Trinajstić information content (AvgIpc) is 2.49. The van der Waals surface area contributed by atoms with Crippen molar-refractivity contribution in [2.24, 2.45) is 0 Å². The molecule has 2 N–H and O–H groups in total. The summed E-state index contributed by atoms with van der Waals surface area (Å²) in [6, 6.07) is 0.342. The second kappa shape index (κ2) is 6.95. The number of rotatable bonds is 3. The van der Waals surface area contributed by atoms with Crippen LogP contribution in [0.4, 0.5) is 4.79 Å². The van der Waals surface area contributed by atoms with Gasteiger partial charge in [-0.1, -0.05) is 6.92 Å². The number of hydrogen-bond donors (Lipinski definition) is 2. The predicted octanol–water partition coefficient (Wildman–Crippen LogP) is 1.89. The van der Waals surface area contributed by atoms with Crippen molar-refractivity contribution in [3.63, 3.8) is 0 Å². The molecule has 106 valence electrons. The number of nitrogens with one attached hydrogen (secondary N) is 2. The van der Waals surface area contributed by atoms with Crippen LogP contribution in [-0.4, -0.2) is 42.3 Å². The summed E-state index contributed by atoms with van der Waals surface area (Å²) in [7, 11) is 0. The Kier molecular flexibility index (Phi) is 5.88. The SMILES string of the molecule is CCN1CCCC(NNC(=O)OC(C)(C)C)CC1. The van der Waals surface area contributed by atoms with Crippen molar-refractivity contribution in [1.82, 2.24) is 15.8 Å². The van der Waals surface area contributed by atoms with Gasteiger partial charge in [-0.25, -0.2) is 10.2 Å². The van der Waals surface area contributed by atoms with Gasteiger partial charge in [0.2, 0.25) is 0 Å². The number of carbonyl (C=O) groups is 1. The normalized spacial score (nSPS) is 22.3. The van der Waals surface area contributed by atoms with Gasteiger partial charge in [0.25, 0.3) is 0 Å². The molecule has 1 saturated heterocycles. The fourth-order valence-corrected chi connectivity index (χ4v) is 2.08. The first kappa shape index (κ1) is 15.2. The van der Waals surface area contributed by atoms with Crippen LogP contribution in [0.25, 0.3) is 0 Å². The van der Waals surface area contributed by atoms with Crippen molar-refractivity contribution in [2.75, 3.05) is 19.6 Å². The van der Waals surface area contributed by atoms with Gasteiger partial charge in [-0.3, -0.25) is 5.43 Å². The number of carbonyl (C=O) groups excluding carboxylic acids is 1. The second-order valence-electron chi connectivity index (χ2n) is 5.83. The standard InChI is InChI=1S/C13H27N3O2/c1-5-16-9-6-7-11(8-10-16)14-15-12(17)18-13(2,3)4/h11,14H,5-10H2,1-4H3,(H,15,17). The molecule has 1 fully saturated rings. The summed E-state index contributed by atoms with van der Waals surface area (Å²) >= 11 is 0. The summed E-state index contributed by atoms with van der Waals surface area (Å²) in [6.45, 7) is 11.1. The van der Waals surface area contributed by atoms with Crippen LogP contribution in [-0.2, 0) is 4.74 Å². The first-order valence-electron chi connectivity index (χ1n) is 6.87. The fourth-order valence-electron chi connectivity index (χ4n) is 2.08. The van der Waals surface area contributed by atoms with Crippen molar-refractivity contribution in [3.05, 3.63) is 0 Å². The van der Waals surface area contributed by atoms with Crippen LogP contribution in [0, 0.1) is 0 Å². The molecule has 5 nitrogen and oxygen atoms in total. The summed E-state index contributed by atoms with van der Waals surface area (Å²) in [5.41, 5.74) is 5.27. The monoisotopic (exact) mass is 257 g/mol. The molecule has 0 aromatic heterocycles. The van der Waals surface area contributed by atoms with Gasteiger partial charge >= 0.3 is 6.09 Å². The highest BCUT2D eigenvalue weighted by Crippen LogP contribution is 2.10. The maximum atomic E-state index is 11.5. The van der Waals surface area contributed by atoms with Crippen molar-refractivity contribution in [2.45, 2.75) is 58.6 Å². The van der Waals surface area contributed by atoms with E-state index in [1.54, 1.807) is 0 Å². The molecule has 0 aromatic carbocycles. The molecule has 1 unspecified atom stereocenters. The molecular weight excluding hydrogens is 230 g/mol. The van der Waals surface area contributed by atoms with E-state index in [-0.39, 0.29) is 0 Å². The Morgan fingerprint density at radius 3 is 2.67 bits per heavy atom. The fraction of sp³-hybridized carbons (Fsp3) is 0.923. The minimum absolute atomic E-state index is 0.342. The zero-order valence-corrected chi connectivity index (χ0v) is 12.1. The van der Waals surface area contributed by atoms with Crippen LogP contribution in [0.15, 0.2) is 0 Å². The Labute approximate surface area is 110 Å².